The summed E-state index contributed by atoms with van der Waals surface area (Å²) in [6.45, 7) is 0. The van der Waals surface area contributed by atoms with Crippen LogP contribution in [0, 0.1) is 0 Å². The Balaban J connectivity index is 1.64. The summed E-state index contributed by atoms with van der Waals surface area (Å²) in [5.74, 6) is -0.528. The Labute approximate surface area is 184 Å². The summed E-state index contributed by atoms with van der Waals surface area (Å²) >= 11 is 0. The Kier molecular flexibility index (Phi) is 6.89. The first-order valence-electron chi connectivity index (χ1n) is 10.0. The first-order chi connectivity index (χ1) is 15.4. The predicted molar refractivity (Wildman–Crippen MR) is 110 cm³/mol. The highest BCUT2D eigenvalue weighted by Crippen LogP contribution is 2.30. The summed E-state index contributed by atoms with van der Waals surface area (Å²) in [5.41, 5.74) is 1.96. The Bertz CT molecular complexity index is 1060. The molecule has 0 aliphatic heterocycles. The zero-order valence-corrected chi connectivity index (χ0v) is 17.5. The molecule has 1 aliphatic rings. The molecule has 4 N–H and O–H groups in total. The van der Waals surface area contributed by atoms with E-state index in [4.69, 9.17) is 5.73 Å². The zero-order valence-electron chi connectivity index (χ0n) is 17.5. The zero-order chi connectivity index (χ0) is 24.4. The second kappa shape index (κ2) is 9.32. The van der Waals surface area contributed by atoms with Crippen LogP contribution < -0.4 is 16.4 Å². The lowest BCUT2D eigenvalue weighted by molar-refractivity contribution is -0.140. The molecule has 180 valence electrons. The molecule has 3 rings (SSSR count). The van der Waals surface area contributed by atoms with E-state index in [2.05, 4.69) is 20.6 Å². The van der Waals surface area contributed by atoms with Gasteiger partial charge in [0.2, 0.25) is 0 Å². The number of anilines is 1. The van der Waals surface area contributed by atoms with E-state index < -0.39 is 35.2 Å². The topological polar surface area (TPSA) is 96.8 Å². The van der Waals surface area contributed by atoms with Gasteiger partial charge in [0.1, 0.15) is 17.2 Å². The van der Waals surface area contributed by atoms with Crippen molar-refractivity contribution in [2.24, 2.45) is 10.7 Å². The van der Waals surface area contributed by atoms with Crippen molar-refractivity contribution in [3.8, 4) is 0 Å². The summed E-state index contributed by atoms with van der Waals surface area (Å²) < 4.78 is 78.9. The fraction of sp³-hybridized carbons (Fsp3) is 0.450. The molecule has 2 aromatic rings. The van der Waals surface area contributed by atoms with Crippen molar-refractivity contribution in [2.45, 2.75) is 50.1 Å². The molecule has 2 heterocycles. The normalized spacial score (nSPS) is 20.7. The van der Waals surface area contributed by atoms with Crippen LogP contribution in [-0.2, 0) is 11.0 Å². The van der Waals surface area contributed by atoms with Gasteiger partial charge in [0.15, 0.2) is 5.69 Å². The molecule has 7 nitrogen and oxygen atoms in total. The number of rotatable bonds is 5. The van der Waals surface area contributed by atoms with Crippen LogP contribution in [0.5, 0.6) is 0 Å². The Morgan fingerprint density at radius 2 is 1.79 bits per heavy atom. The highest BCUT2D eigenvalue weighted by molar-refractivity contribution is 6.13. The number of nitrogens with one attached hydrogen (secondary N) is 2. The van der Waals surface area contributed by atoms with Crippen LogP contribution in [0.25, 0.3) is 5.65 Å². The van der Waals surface area contributed by atoms with E-state index >= 15 is 0 Å². The molecule has 0 bridgehead atoms. The first kappa shape index (κ1) is 24.4. The van der Waals surface area contributed by atoms with Crippen LogP contribution in [-0.4, -0.2) is 46.8 Å². The van der Waals surface area contributed by atoms with Crippen LogP contribution in [0.1, 0.15) is 31.4 Å². The maximum absolute atomic E-state index is 13.0. The highest BCUT2D eigenvalue weighted by Gasteiger charge is 2.36. The monoisotopic (exact) mass is 476 g/mol. The van der Waals surface area contributed by atoms with E-state index in [9.17, 15) is 31.1 Å². The maximum atomic E-state index is 13.0. The minimum atomic E-state index is -4.87. The molecule has 1 saturated carbocycles. The average Bonchev–Trinajstić information content (AvgIpc) is 3.18. The Morgan fingerprint density at radius 1 is 1.15 bits per heavy atom. The summed E-state index contributed by atoms with van der Waals surface area (Å²) in [7, 11) is 1.23. The van der Waals surface area contributed by atoms with Crippen molar-refractivity contribution < 1.29 is 31.1 Å². The number of allylic oxidation sites excluding steroid dienone is 1. The molecule has 33 heavy (non-hydrogen) atoms. The highest BCUT2D eigenvalue weighted by atomic mass is 19.4. The van der Waals surface area contributed by atoms with Crippen LogP contribution in [0.4, 0.5) is 32.2 Å². The van der Waals surface area contributed by atoms with Gasteiger partial charge < -0.3 is 16.4 Å². The molecule has 0 spiro atoms. The summed E-state index contributed by atoms with van der Waals surface area (Å²) in [6.07, 6.45) is -5.75. The Morgan fingerprint density at radius 3 is 2.36 bits per heavy atom. The fourth-order valence-corrected chi connectivity index (χ4v) is 3.65. The van der Waals surface area contributed by atoms with Crippen molar-refractivity contribution in [1.82, 2.24) is 14.7 Å². The van der Waals surface area contributed by atoms with Gasteiger partial charge in [-0.1, -0.05) is 6.07 Å². The summed E-state index contributed by atoms with van der Waals surface area (Å²) in [6, 6.07) is 4.20. The average molecular weight is 476 g/mol. The molecule has 2 aromatic heterocycles. The van der Waals surface area contributed by atoms with Gasteiger partial charge in [-0.3, -0.25) is 14.2 Å². The third-order valence-electron chi connectivity index (χ3n) is 5.30. The minimum Gasteiger partial charge on any atom is -0.394 e. The van der Waals surface area contributed by atoms with Crippen molar-refractivity contribution in [2.75, 3.05) is 12.4 Å². The number of amides is 1. The SMILES string of the molecule is CN=C/C(C(=O)NC1CCC(Nc2cccc3nc(C(F)(F)F)cn23)CC1)=C(\N)C(F)(F)F. The van der Waals surface area contributed by atoms with Crippen molar-refractivity contribution in [3.63, 3.8) is 0 Å². The number of alkyl halides is 6. The molecule has 1 amide bonds. The smallest absolute Gasteiger partial charge is 0.394 e. The lowest BCUT2D eigenvalue weighted by Crippen LogP contribution is -2.42. The van der Waals surface area contributed by atoms with E-state index in [-0.39, 0.29) is 17.7 Å². The molecule has 13 heteroatoms. The number of pyridine rings is 1. The van der Waals surface area contributed by atoms with E-state index in [1.54, 1.807) is 12.1 Å². The Hall–Kier alpha value is -3.25. The molecule has 1 aliphatic carbocycles. The second-order valence-electron chi connectivity index (χ2n) is 7.64. The van der Waals surface area contributed by atoms with E-state index in [0.717, 1.165) is 12.4 Å². The first-order valence-corrected chi connectivity index (χ1v) is 10.0. The van der Waals surface area contributed by atoms with Gasteiger partial charge in [0.25, 0.3) is 5.91 Å². The second-order valence-corrected chi connectivity index (χ2v) is 7.64. The summed E-state index contributed by atoms with van der Waals surface area (Å²) in [4.78, 5) is 19.4. The van der Waals surface area contributed by atoms with E-state index in [0.29, 0.717) is 31.5 Å². The van der Waals surface area contributed by atoms with Gasteiger partial charge >= 0.3 is 12.4 Å². The van der Waals surface area contributed by atoms with Gasteiger partial charge in [-0.05, 0) is 37.8 Å². The van der Waals surface area contributed by atoms with Crippen molar-refractivity contribution in [1.29, 1.82) is 0 Å². The number of hydrogen-bond acceptors (Lipinski definition) is 5. The third kappa shape index (κ3) is 5.76. The van der Waals surface area contributed by atoms with Gasteiger partial charge in [-0.15, -0.1) is 0 Å². The third-order valence-corrected chi connectivity index (χ3v) is 5.30. The number of fused-ring (bicyclic) bond motifs is 1. The number of imidazole rings is 1. The molecule has 1 fully saturated rings. The lowest BCUT2D eigenvalue weighted by atomic mass is 9.91. The van der Waals surface area contributed by atoms with Gasteiger partial charge in [-0.2, -0.15) is 26.3 Å². The maximum Gasteiger partial charge on any atom is 0.434 e. The number of carbonyl (C=O) groups is 1. The number of nitrogens with two attached hydrogens (primary N) is 1. The number of nitrogens with zero attached hydrogens (tertiary/aromatic N) is 3. The van der Waals surface area contributed by atoms with Crippen LogP contribution in [0.3, 0.4) is 0 Å². The van der Waals surface area contributed by atoms with E-state index in [1.165, 1.54) is 17.5 Å². The minimum absolute atomic E-state index is 0.104. The molecule has 0 atom stereocenters. The van der Waals surface area contributed by atoms with Gasteiger partial charge in [-0.25, -0.2) is 4.98 Å². The number of hydrogen-bond donors (Lipinski definition) is 3. The summed E-state index contributed by atoms with van der Waals surface area (Å²) in [5, 5.41) is 5.74. The molecular weight excluding hydrogens is 454 g/mol. The molecule has 0 saturated heterocycles. The lowest BCUT2D eigenvalue weighted by Gasteiger charge is -2.30. The van der Waals surface area contributed by atoms with Crippen LogP contribution >= 0.6 is 0 Å². The molecule has 0 aromatic carbocycles. The molecule has 0 unspecified atom stereocenters. The van der Waals surface area contributed by atoms with Crippen LogP contribution in [0.15, 0.2) is 40.7 Å². The molecule has 0 radical (unpaired) electrons. The fourth-order valence-electron chi connectivity index (χ4n) is 3.65. The van der Waals surface area contributed by atoms with E-state index in [1.807, 2.05) is 0 Å². The standard InChI is InChI=1S/C20H22F6N6O/c1-28-9-13(17(27)20(24,25)26)18(33)30-12-7-5-11(6-8-12)29-15-3-2-4-16-31-14(10-32(15)16)19(21,22)23/h2-4,9-12,29H,5-8,27H2,1H3,(H,30,33)/b17-13+,28-9?. The largest absolute Gasteiger partial charge is 0.434 e. The van der Waals surface area contributed by atoms with Gasteiger partial charge in [0, 0.05) is 31.5 Å². The predicted octanol–water partition coefficient (Wildman–Crippen LogP) is 3.67. The van der Waals surface area contributed by atoms with Crippen molar-refractivity contribution in [3.05, 3.63) is 41.4 Å². The van der Waals surface area contributed by atoms with Gasteiger partial charge in [0.05, 0.1) is 5.57 Å². The number of aliphatic imine (C=N–C) groups is 1. The number of carbonyl (C=O) groups excluding carboxylic acids is 1. The quantitative estimate of drug-likeness (QED) is 0.349. The number of aromatic nitrogens is 2. The molecular formula is C20H22F6N6O. The van der Waals surface area contributed by atoms with Crippen molar-refractivity contribution >= 4 is 23.6 Å². The number of halogens is 6. The van der Waals surface area contributed by atoms with Crippen LogP contribution in [0.2, 0.25) is 0 Å².